The first-order valence-electron chi connectivity index (χ1n) is 4.56. The van der Waals surface area contributed by atoms with Crippen LogP contribution >= 0.6 is 11.3 Å². The molecule has 0 aliphatic heterocycles. The van der Waals surface area contributed by atoms with Crippen LogP contribution in [0.1, 0.15) is 24.3 Å². The van der Waals surface area contributed by atoms with Gasteiger partial charge in [0.2, 0.25) is 5.91 Å². The molecule has 4 nitrogen and oxygen atoms in total. The Morgan fingerprint density at radius 1 is 1.71 bits per heavy atom. The standard InChI is InChI=1S/C9H15N3OS/c1-7(8-5-11-6-14-8)12-4-3-9(13)10-2/h5-7,12H,3-4H2,1-2H3,(H,10,13). The molecule has 0 fully saturated rings. The Morgan fingerprint density at radius 3 is 3.07 bits per heavy atom. The van der Waals surface area contributed by atoms with Crippen LogP contribution in [0.2, 0.25) is 0 Å². The third kappa shape index (κ3) is 3.43. The highest BCUT2D eigenvalue weighted by molar-refractivity contribution is 7.09. The van der Waals surface area contributed by atoms with Gasteiger partial charge in [-0.3, -0.25) is 9.78 Å². The Morgan fingerprint density at radius 2 is 2.50 bits per heavy atom. The second-order valence-corrected chi connectivity index (χ2v) is 3.92. The van der Waals surface area contributed by atoms with Crippen molar-refractivity contribution >= 4 is 17.2 Å². The van der Waals surface area contributed by atoms with E-state index in [1.807, 2.05) is 11.7 Å². The highest BCUT2D eigenvalue weighted by atomic mass is 32.1. The van der Waals surface area contributed by atoms with Gasteiger partial charge in [0.25, 0.3) is 0 Å². The Balaban J connectivity index is 2.22. The van der Waals surface area contributed by atoms with Gasteiger partial charge in [-0.15, -0.1) is 11.3 Å². The first-order valence-corrected chi connectivity index (χ1v) is 5.44. The molecule has 1 rings (SSSR count). The quantitative estimate of drug-likeness (QED) is 0.765. The van der Waals surface area contributed by atoms with Gasteiger partial charge in [0.15, 0.2) is 0 Å². The average molecular weight is 213 g/mol. The summed E-state index contributed by atoms with van der Waals surface area (Å²) in [7, 11) is 1.65. The Kier molecular flexibility index (Phi) is 4.55. The van der Waals surface area contributed by atoms with Crippen molar-refractivity contribution in [2.75, 3.05) is 13.6 Å². The van der Waals surface area contributed by atoms with E-state index in [0.29, 0.717) is 13.0 Å². The summed E-state index contributed by atoms with van der Waals surface area (Å²) in [4.78, 5) is 16.1. The summed E-state index contributed by atoms with van der Waals surface area (Å²) in [5.41, 5.74) is 1.81. The van der Waals surface area contributed by atoms with Crippen molar-refractivity contribution in [1.82, 2.24) is 15.6 Å². The third-order valence-electron chi connectivity index (χ3n) is 1.96. The molecule has 78 valence electrons. The molecule has 1 heterocycles. The van der Waals surface area contributed by atoms with Crippen LogP contribution in [-0.2, 0) is 4.79 Å². The summed E-state index contributed by atoms with van der Waals surface area (Å²) in [5.74, 6) is 0.0639. The first kappa shape index (κ1) is 11.1. The fourth-order valence-corrected chi connectivity index (χ4v) is 1.72. The second-order valence-electron chi connectivity index (χ2n) is 3.00. The van der Waals surface area contributed by atoms with Gasteiger partial charge in [0, 0.05) is 37.1 Å². The smallest absolute Gasteiger partial charge is 0.221 e. The minimum Gasteiger partial charge on any atom is -0.359 e. The second kappa shape index (κ2) is 5.72. The molecule has 1 amide bonds. The molecule has 1 aromatic heterocycles. The molecule has 0 spiro atoms. The van der Waals surface area contributed by atoms with Crippen molar-refractivity contribution in [3.05, 3.63) is 16.6 Å². The topological polar surface area (TPSA) is 54.0 Å². The first-order chi connectivity index (χ1) is 6.74. The van der Waals surface area contributed by atoms with Gasteiger partial charge in [0.05, 0.1) is 5.51 Å². The maximum atomic E-state index is 10.9. The fourth-order valence-electron chi connectivity index (χ4n) is 1.07. The number of nitrogens with zero attached hydrogens (tertiary/aromatic N) is 1. The van der Waals surface area contributed by atoms with Crippen molar-refractivity contribution < 1.29 is 4.79 Å². The predicted octanol–water partition coefficient (Wildman–Crippen LogP) is 0.930. The van der Waals surface area contributed by atoms with Crippen LogP contribution in [0.15, 0.2) is 11.7 Å². The maximum absolute atomic E-state index is 10.9. The van der Waals surface area contributed by atoms with Crippen molar-refractivity contribution in [3.8, 4) is 0 Å². The van der Waals surface area contributed by atoms with Crippen LogP contribution in [0.25, 0.3) is 0 Å². The molecule has 1 atom stereocenters. The number of nitrogens with one attached hydrogen (secondary N) is 2. The van der Waals surface area contributed by atoms with E-state index in [-0.39, 0.29) is 11.9 Å². The summed E-state index contributed by atoms with van der Waals surface area (Å²) in [6.07, 6.45) is 2.36. The van der Waals surface area contributed by atoms with Gasteiger partial charge < -0.3 is 10.6 Å². The molecule has 1 unspecified atom stereocenters. The molecule has 0 aliphatic rings. The molecule has 0 aromatic carbocycles. The minimum atomic E-state index is 0.0639. The molecule has 0 saturated carbocycles. The number of rotatable bonds is 5. The monoisotopic (exact) mass is 213 g/mol. The molecule has 14 heavy (non-hydrogen) atoms. The van der Waals surface area contributed by atoms with Crippen molar-refractivity contribution in [1.29, 1.82) is 0 Å². The normalized spacial score (nSPS) is 12.4. The lowest BCUT2D eigenvalue weighted by Gasteiger charge is -2.10. The fraction of sp³-hybridized carbons (Fsp3) is 0.556. The Hall–Kier alpha value is -0.940. The van der Waals surface area contributed by atoms with Crippen LogP contribution in [0, 0.1) is 0 Å². The molecular formula is C9H15N3OS. The highest BCUT2D eigenvalue weighted by Gasteiger charge is 2.06. The number of carbonyl (C=O) groups is 1. The lowest BCUT2D eigenvalue weighted by molar-refractivity contribution is -0.120. The molecule has 0 radical (unpaired) electrons. The van der Waals surface area contributed by atoms with E-state index in [1.54, 1.807) is 18.4 Å². The third-order valence-corrected chi connectivity index (χ3v) is 2.92. The summed E-state index contributed by atoms with van der Waals surface area (Å²) < 4.78 is 0. The molecule has 2 N–H and O–H groups in total. The SMILES string of the molecule is CNC(=O)CCNC(C)c1cncs1. The zero-order chi connectivity index (χ0) is 10.4. The van der Waals surface area contributed by atoms with Crippen LogP contribution in [0.5, 0.6) is 0 Å². The number of hydrogen-bond donors (Lipinski definition) is 2. The number of aromatic nitrogens is 1. The van der Waals surface area contributed by atoms with E-state index in [2.05, 4.69) is 22.5 Å². The van der Waals surface area contributed by atoms with Gasteiger partial charge in [-0.25, -0.2) is 0 Å². The van der Waals surface area contributed by atoms with E-state index in [1.165, 1.54) is 4.88 Å². The average Bonchev–Trinajstić information content (AvgIpc) is 2.70. The molecule has 0 aliphatic carbocycles. The van der Waals surface area contributed by atoms with Crippen LogP contribution < -0.4 is 10.6 Å². The number of hydrogen-bond acceptors (Lipinski definition) is 4. The van der Waals surface area contributed by atoms with Gasteiger partial charge in [-0.1, -0.05) is 0 Å². The number of thiazole rings is 1. The van der Waals surface area contributed by atoms with Gasteiger partial charge in [-0.05, 0) is 6.92 Å². The van der Waals surface area contributed by atoms with Gasteiger partial charge in [-0.2, -0.15) is 0 Å². The van der Waals surface area contributed by atoms with Crippen LogP contribution in [-0.4, -0.2) is 24.5 Å². The molecule has 1 aromatic rings. The van der Waals surface area contributed by atoms with E-state index >= 15 is 0 Å². The largest absolute Gasteiger partial charge is 0.359 e. The molecule has 0 saturated heterocycles. The van der Waals surface area contributed by atoms with Crippen LogP contribution in [0.3, 0.4) is 0 Å². The minimum absolute atomic E-state index is 0.0639. The van der Waals surface area contributed by atoms with Gasteiger partial charge >= 0.3 is 0 Å². The Bertz CT molecular complexity index is 274. The van der Waals surface area contributed by atoms with E-state index in [9.17, 15) is 4.79 Å². The highest BCUT2D eigenvalue weighted by Crippen LogP contribution is 2.15. The van der Waals surface area contributed by atoms with Crippen molar-refractivity contribution in [2.24, 2.45) is 0 Å². The molecular weight excluding hydrogens is 198 g/mol. The lowest BCUT2D eigenvalue weighted by Crippen LogP contribution is -2.26. The lowest BCUT2D eigenvalue weighted by atomic mass is 10.3. The van der Waals surface area contributed by atoms with E-state index < -0.39 is 0 Å². The van der Waals surface area contributed by atoms with Gasteiger partial charge in [0.1, 0.15) is 0 Å². The van der Waals surface area contributed by atoms with Crippen molar-refractivity contribution in [2.45, 2.75) is 19.4 Å². The summed E-state index contributed by atoms with van der Waals surface area (Å²) in [5, 5.41) is 5.84. The molecule has 5 heteroatoms. The Labute approximate surface area is 87.7 Å². The summed E-state index contributed by atoms with van der Waals surface area (Å²) >= 11 is 1.62. The number of amides is 1. The van der Waals surface area contributed by atoms with Crippen molar-refractivity contribution in [3.63, 3.8) is 0 Å². The van der Waals surface area contributed by atoms with E-state index in [4.69, 9.17) is 0 Å². The zero-order valence-electron chi connectivity index (χ0n) is 8.41. The summed E-state index contributed by atoms with van der Waals surface area (Å²) in [6.45, 7) is 2.76. The summed E-state index contributed by atoms with van der Waals surface area (Å²) in [6, 6.07) is 0.271. The predicted molar refractivity (Wildman–Crippen MR) is 57.2 cm³/mol. The number of carbonyl (C=O) groups excluding carboxylic acids is 1. The van der Waals surface area contributed by atoms with E-state index in [0.717, 1.165) is 0 Å². The maximum Gasteiger partial charge on any atom is 0.221 e. The van der Waals surface area contributed by atoms with Crippen LogP contribution in [0.4, 0.5) is 0 Å². The zero-order valence-corrected chi connectivity index (χ0v) is 9.23. The molecule has 0 bridgehead atoms.